The third-order valence-electron chi connectivity index (χ3n) is 20.7. The minimum Gasteiger partial charge on any atom is -0.432 e. The zero-order valence-electron chi connectivity index (χ0n) is 43.9. The highest BCUT2D eigenvalue weighted by atomic mass is 16.8. The molecule has 27 atom stereocenters. The Morgan fingerprint density at radius 2 is 1.23 bits per heavy atom. The van der Waals surface area contributed by atoms with Gasteiger partial charge in [0.15, 0.2) is 18.9 Å². The summed E-state index contributed by atoms with van der Waals surface area (Å²) in [5.41, 5.74) is 0.995. The second-order valence-electron chi connectivity index (χ2n) is 24.8. The highest BCUT2D eigenvalue weighted by Crippen LogP contribution is 2.75. The zero-order valence-corrected chi connectivity index (χ0v) is 43.9. The average molecular weight is 1060 g/mol. The third-order valence-corrected chi connectivity index (χ3v) is 20.7. The number of aliphatic hydroxyl groups excluding tert-OH is 12. The fourth-order valence-corrected chi connectivity index (χ4v) is 15.8. The summed E-state index contributed by atoms with van der Waals surface area (Å²) in [5, 5.41) is 128. The Balaban J connectivity index is 0.953. The molecule has 0 spiro atoms. The molecule has 21 nitrogen and oxygen atoms in total. The van der Waals surface area contributed by atoms with Gasteiger partial charge >= 0.3 is 5.97 Å². The van der Waals surface area contributed by atoms with E-state index in [2.05, 4.69) is 54.5 Å². The largest absolute Gasteiger partial charge is 0.432 e. The van der Waals surface area contributed by atoms with E-state index in [0.29, 0.717) is 25.7 Å². The van der Waals surface area contributed by atoms with Gasteiger partial charge in [-0.15, -0.1) is 0 Å². The third kappa shape index (κ3) is 8.91. The average Bonchev–Trinajstić information content (AvgIpc) is 3.36. The van der Waals surface area contributed by atoms with Crippen LogP contribution in [-0.2, 0) is 42.7 Å². The quantitative estimate of drug-likeness (QED) is 0.0974. The van der Waals surface area contributed by atoms with Crippen molar-refractivity contribution in [1.29, 1.82) is 0 Å². The smallest absolute Gasteiger partial charge is 0.318 e. The van der Waals surface area contributed by atoms with Gasteiger partial charge in [-0.1, -0.05) is 53.2 Å². The molecule has 0 aromatic heterocycles. The van der Waals surface area contributed by atoms with E-state index in [1.54, 1.807) is 0 Å². The molecule has 4 saturated heterocycles. The van der Waals surface area contributed by atoms with E-state index >= 15 is 0 Å². The molecule has 3 saturated carbocycles. The lowest BCUT2D eigenvalue weighted by Crippen LogP contribution is -2.66. The summed E-state index contributed by atoms with van der Waals surface area (Å²) in [5.74, 6) is -0.00424. The van der Waals surface area contributed by atoms with Crippen molar-refractivity contribution < 1.29 is 104 Å². The van der Waals surface area contributed by atoms with Gasteiger partial charge in [-0.25, -0.2) is 0 Å². The highest BCUT2D eigenvalue weighted by Gasteiger charge is 2.69. The van der Waals surface area contributed by atoms with Gasteiger partial charge in [0.25, 0.3) is 0 Å². The van der Waals surface area contributed by atoms with E-state index in [9.17, 15) is 66.1 Å². The lowest BCUT2D eigenvalue weighted by atomic mass is 9.34. The van der Waals surface area contributed by atoms with Crippen molar-refractivity contribution in [2.45, 2.75) is 236 Å². The molecule has 7 fully saturated rings. The van der Waals surface area contributed by atoms with Crippen LogP contribution in [0.15, 0.2) is 22.8 Å². The second-order valence-corrected chi connectivity index (χ2v) is 24.8. The Kier molecular flexibility index (Phi) is 15.9. The molecule has 0 radical (unpaired) electrons. The topological polar surface area (TPSA) is 334 Å². The van der Waals surface area contributed by atoms with Crippen LogP contribution in [0, 0.1) is 44.8 Å². The van der Waals surface area contributed by atoms with Crippen molar-refractivity contribution in [2.24, 2.45) is 44.8 Å². The summed E-state index contributed by atoms with van der Waals surface area (Å²) < 4.78 is 48.5. The molecule has 0 bridgehead atoms. The molecule has 4 aliphatic heterocycles. The number of ether oxygens (including phenoxy) is 8. The Hall–Kier alpha value is -1.81. The number of aliphatic hydroxyl groups is 12. The van der Waals surface area contributed by atoms with E-state index in [0.717, 1.165) is 48.8 Å². The van der Waals surface area contributed by atoms with Crippen LogP contribution in [-0.4, -0.2) is 210 Å². The molecular weight excluding hydrogens is 973 g/mol. The van der Waals surface area contributed by atoms with Gasteiger partial charge in [0.1, 0.15) is 85.5 Å². The Labute approximate surface area is 432 Å². The number of fused-ring (bicyclic) bond motifs is 7. The number of hydrogen-bond acceptors (Lipinski definition) is 21. The fourth-order valence-electron chi connectivity index (χ4n) is 15.8. The van der Waals surface area contributed by atoms with Crippen molar-refractivity contribution in [3.05, 3.63) is 22.8 Å². The van der Waals surface area contributed by atoms with Gasteiger partial charge in [-0.2, -0.15) is 0 Å². The number of carbonyl (C=O) groups is 1. The normalized spacial score (nSPS) is 53.5. The van der Waals surface area contributed by atoms with E-state index in [-0.39, 0.29) is 40.6 Å². The lowest BCUT2D eigenvalue weighted by molar-refractivity contribution is -0.392. The molecule has 9 aliphatic rings. The first-order valence-electron chi connectivity index (χ1n) is 26.9. The van der Waals surface area contributed by atoms with Crippen LogP contribution >= 0.6 is 0 Å². The molecule has 0 aromatic rings. The van der Waals surface area contributed by atoms with Crippen molar-refractivity contribution in [1.82, 2.24) is 0 Å². The number of esters is 1. The molecule has 12 N–H and O–H groups in total. The summed E-state index contributed by atoms with van der Waals surface area (Å²) in [6, 6.07) is 0. The van der Waals surface area contributed by atoms with Crippen LogP contribution in [0.1, 0.15) is 113 Å². The maximum absolute atomic E-state index is 14.8. The van der Waals surface area contributed by atoms with Crippen molar-refractivity contribution >= 4 is 5.97 Å². The molecular formula is C53H84O21. The molecule has 422 valence electrons. The van der Waals surface area contributed by atoms with E-state index in [4.69, 9.17) is 37.9 Å². The molecule has 4 heterocycles. The summed E-state index contributed by atoms with van der Waals surface area (Å²) in [4.78, 5) is 14.8. The van der Waals surface area contributed by atoms with E-state index in [1.165, 1.54) is 6.92 Å². The van der Waals surface area contributed by atoms with Crippen LogP contribution in [0.3, 0.4) is 0 Å². The van der Waals surface area contributed by atoms with E-state index < -0.39 is 153 Å². The lowest BCUT2D eigenvalue weighted by Gasteiger charge is -2.70. The Bertz CT molecular complexity index is 2100. The van der Waals surface area contributed by atoms with Gasteiger partial charge < -0.3 is 99.2 Å². The number of hydrogen-bond donors (Lipinski definition) is 12. The Morgan fingerprint density at radius 3 is 1.91 bits per heavy atom. The van der Waals surface area contributed by atoms with Gasteiger partial charge in [-0.3, -0.25) is 4.79 Å². The first-order valence-corrected chi connectivity index (χ1v) is 26.9. The summed E-state index contributed by atoms with van der Waals surface area (Å²) in [6.07, 6.45) is -21.3. The van der Waals surface area contributed by atoms with Gasteiger partial charge in [0, 0.05) is 0 Å². The first kappa shape index (κ1) is 56.9. The molecule has 0 amide bonds. The van der Waals surface area contributed by atoms with Crippen LogP contribution in [0.25, 0.3) is 0 Å². The molecule has 5 aliphatic carbocycles. The molecule has 9 rings (SSSR count). The summed E-state index contributed by atoms with van der Waals surface area (Å²) in [7, 11) is 0. The molecule has 74 heavy (non-hydrogen) atoms. The minimum atomic E-state index is -1.82. The van der Waals surface area contributed by atoms with Crippen molar-refractivity contribution in [2.75, 3.05) is 19.8 Å². The number of allylic oxidation sites excluding steroid dienone is 3. The first-order chi connectivity index (χ1) is 34.7. The Morgan fingerprint density at radius 1 is 0.622 bits per heavy atom. The molecule has 21 unspecified atom stereocenters. The zero-order chi connectivity index (χ0) is 53.9. The standard InChI is InChI=1S/C53H84O21/c1-22-11-16-53(48(66)74-45-41(65)38(62)35(59)27(19-54)69-45)18-17-51(7)25(32(53)23(22)2)9-10-30-50(6)14-13-31(49(4,5)29(50)12-15-52(30,51)8)71-46-42(34(58)26(56)21-67-46)73-47-43(39(63)36(60)28(20-55)70-47)72-44-40(64)37(61)33(57)24(3)68-44/h9,22,24,26-31,33-47,54-65H,10-21H2,1-8H3/t22-,24?,26?,27?,28?,29?,30?,31+,33?,34?,35?,36?,37?,38?,39?,40?,41?,42?,43?,44?,45?,46?,47?,50+,51-,52-,53+/m1/s1. The van der Waals surface area contributed by atoms with Crippen LogP contribution < -0.4 is 0 Å². The SMILES string of the molecule is CC1=C2C3=CCC4[C@@]5(C)CC[C@H](OC6OCC(O)C(O)C6OC6OC(CO)C(O)C(O)C6OC6OC(C)C(O)C(O)C6O)C(C)(C)C5CC[C@@]4(C)[C@]3(C)CC[C@@]2(C(=O)OC2OC(CO)C(O)C(O)C2O)CC[C@H]1C. The van der Waals surface area contributed by atoms with Crippen molar-refractivity contribution in [3.8, 4) is 0 Å². The van der Waals surface area contributed by atoms with Crippen molar-refractivity contribution in [3.63, 3.8) is 0 Å². The van der Waals surface area contributed by atoms with Crippen LogP contribution in [0.5, 0.6) is 0 Å². The summed E-state index contributed by atoms with van der Waals surface area (Å²) in [6.45, 7) is 15.6. The highest BCUT2D eigenvalue weighted by molar-refractivity contribution is 5.84. The monoisotopic (exact) mass is 1060 g/mol. The van der Waals surface area contributed by atoms with Gasteiger partial charge in [0.05, 0.1) is 37.4 Å². The number of rotatable bonds is 10. The predicted molar refractivity (Wildman–Crippen MR) is 255 cm³/mol. The van der Waals surface area contributed by atoms with E-state index in [1.807, 2.05) is 0 Å². The summed E-state index contributed by atoms with van der Waals surface area (Å²) >= 11 is 0. The maximum atomic E-state index is 14.8. The van der Waals surface area contributed by atoms with Gasteiger partial charge in [-0.05, 0) is 122 Å². The van der Waals surface area contributed by atoms with Crippen LogP contribution in [0.4, 0.5) is 0 Å². The minimum absolute atomic E-state index is 0.135. The number of carbonyl (C=O) groups excluding carboxylic acids is 1. The maximum Gasteiger partial charge on any atom is 0.318 e. The fraction of sp³-hybridized carbons (Fsp3) is 0.906. The molecule has 21 heteroatoms. The molecule has 0 aromatic carbocycles. The van der Waals surface area contributed by atoms with Crippen LogP contribution in [0.2, 0.25) is 0 Å². The van der Waals surface area contributed by atoms with Gasteiger partial charge in [0.2, 0.25) is 6.29 Å². The predicted octanol–water partition coefficient (Wildman–Crippen LogP) is -0.448. The second kappa shape index (κ2) is 20.7.